The number of hydrogen-bond acceptors (Lipinski definition) is 4. The van der Waals surface area contributed by atoms with Gasteiger partial charge in [-0.3, -0.25) is 0 Å². The molecule has 1 heterocycles. The van der Waals surface area contributed by atoms with E-state index in [4.69, 9.17) is 0 Å². The first kappa shape index (κ1) is 11.1. The summed E-state index contributed by atoms with van der Waals surface area (Å²) in [4.78, 5) is 0. The largest absolute Gasteiger partial charge is 0.224 e. The lowest BCUT2D eigenvalue weighted by molar-refractivity contribution is 0.664. The molecule has 0 unspecified atom stereocenters. The molecule has 0 aliphatic carbocycles. The molecule has 0 aliphatic heterocycles. The van der Waals surface area contributed by atoms with Crippen LogP contribution in [0.4, 0.5) is 0 Å². The van der Waals surface area contributed by atoms with Crippen LogP contribution in [0.15, 0.2) is 23.4 Å². The van der Waals surface area contributed by atoms with E-state index in [0.717, 1.165) is 10.9 Å². The van der Waals surface area contributed by atoms with Gasteiger partial charge >= 0.3 is 0 Å². The van der Waals surface area contributed by atoms with Crippen molar-refractivity contribution in [1.29, 1.82) is 0 Å². The van der Waals surface area contributed by atoms with E-state index in [1.807, 2.05) is 7.05 Å². The molecule has 2 aromatic rings. The van der Waals surface area contributed by atoms with Gasteiger partial charge in [0.15, 0.2) is 0 Å². The summed E-state index contributed by atoms with van der Waals surface area (Å²) in [6.07, 6.45) is 0. The summed E-state index contributed by atoms with van der Waals surface area (Å²) in [5, 5.41) is 12.2. The van der Waals surface area contributed by atoms with Gasteiger partial charge in [-0.25, -0.2) is 4.68 Å². The molecule has 0 amide bonds. The summed E-state index contributed by atoms with van der Waals surface area (Å²) in [7, 11) is 1.85. The van der Waals surface area contributed by atoms with E-state index in [1.165, 1.54) is 16.7 Å². The van der Waals surface area contributed by atoms with Crippen LogP contribution in [0.3, 0.4) is 0 Å². The smallest absolute Gasteiger partial charge is 0.209 e. The number of rotatable bonds is 3. The molecule has 16 heavy (non-hydrogen) atoms. The zero-order valence-electron chi connectivity index (χ0n) is 9.64. The van der Waals surface area contributed by atoms with Crippen LogP contribution in [0.25, 0.3) is 0 Å². The molecule has 0 fully saturated rings. The van der Waals surface area contributed by atoms with Crippen molar-refractivity contribution in [3.8, 4) is 0 Å². The molecule has 5 heteroatoms. The molecule has 0 aliphatic rings. The Bertz CT molecular complexity index is 492. The molecule has 0 saturated heterocycles. The van der Waals surface area contributed by atoms with E-state index in [9.17, 15) is 0 Å². The van der Waals surface area contributed by atoms with Gasteiger partial charge in [0.2, 0.25) is 5.16 Å². The highest BCUT2D eigenvalue weighted by Crippen LogP contribution is 2.22. The Hall–Kier alpha value is -1.36. The van der Waals surface area contributed by atoms with E-state index in [2.05, 4.69) is 47.6 Å². The molecular formula is C11H14N4S. The predicted octanol–water partition coefficient (Wildman–Crippen LogP) is 2.12. The summed E-state index contributed by atoms with van der Waals surface area (Å²) in [6.45, 7) is 4.24. The molecule has 0 atom stereocenters. The van der Waals surface area contributed by atoms with Crippen molar-refractivity contribution >= 4 is 11.8 Å². The maximum atomic E-state index is 3.95. The van der Waals surface area contributed by atoms with Gasteiger partial charge in [-0.15, -0.1) is 5.10 Å². The van der Waals surface area contributed by atoms with Crippen LogP contribution in [0, 0.1) is 13.8 Å². The third-order valence-corrected chi connectivity index (χ3v) is 3.50. The number of hydrogen-bond donors (Lipinski definition) is 0. The van der Waals surface area contributed by atoms with E-state index in [1.54, 1.807) is 16.4 Å². The zero-order valence-corrected chi connectivity index (χ0v) is 10.5. The van der Waals surface area contributed by atoms with Gasteiger partial charge in [0, 0.05) is 12.8 Å². The number of aromatic nitrogens is 4. The topological polar surface area (TPSA) is 43.6 Å². The normalized spacial score (nSPS) is 10.7. The standard InChI is InChI=1S/C11H14N4S/c1-8-4-5-9(2)10(6-8)7-16-11-12-13-14-15(11)3/h4-6H,7H2,1-3H3. The van der Waals surface area contributed by atoms with Crippen LogP contribution >= 0.6 is 11.8 Å². The van der Waals surface area contributed by atoms with Crippen LogP contribution < -0.4 is 0 Å². The summed E-state index contributed by atoms with van der Waals surface area (Å²) >= 11 is 1.66. The summed E-state index contributed by atoms with van der Waals surface area (Å²) in [5.74, 6) is 0.904. The monoisotopic (exact) mass is 234 g/mol. The SMILES string of the molecule is Cc1ccc(C)c(CSc2nnnn2C)c1. The van der Waals surface area contributed by atoms with E-state index in [0.29, 0.717) is 0 Å². The van der Waals surface area contributed by atoms with Crippen LogP contribution in [0.1, 0.15) is 16.7 Å². The van der Waals surface area contributed by atoms with Crippen molar-refractivity contribution in [2.45, 2.75) is 24.8 Å². The highest BCUT2D eigenvalue weighted by molar-refractivity contribution is 7.98. The highest BCUT2D eigenvalue weighted by atomic mass is 32.2. The van der Waals surface area contributed by atoms with Gasteiger partial charge in [0.05, 0.1) is 0 Å². The maximum absolute atomic E-state index is 3.95. The van der Waals surface area contributed by atoms with Crippen LogP contribution in [-0.2, 0) is 12.8 Å². The summed E-state index contributed by atoms with van der Waals surface area (Å²) in [5.41, 5.74) is 3.94. The third kappa shape index (κ3) is 2.41. The highest BCUT2D eigenvalue weighted by Gasteiger charge is 2.05. The second kappa shape index (κ2) is 4.65. The quantitative estimate of drug-likeness (QED) is 0.763. The molecule has 4 nitrogen and oxygen atoms in total. The van der Waals surface area contributed by atoms with Crippen LogP contribution in [0.2, 0.25) is 0 Å². The molecule has 2 rings (SSSR count). The fourth-order valence-corrected chi connectivity index (χ4v) is 2.35. The summed E-state index contributed by atoms with van der Waals surface area (Å²) < 4.78 is 1.69. The minimum absolute atomic E-state index is 0.848. The van der Waals surface area contributed by atoms with Crippen molar-refractivity contribution in [2.24, 2.45) is 7.05 Å². The minimum Gasteiger partial charge on any atom is -0.224 e. The predicted molar refractivity (Wildman–Crippen MR) is 64.3 cm³/mol. The van der Waals surface area contributed by atoms with E-state index in [-0.39, 0.29) is 0 Å². The first-order chi connectivity index (χ1) is 7.66. The Morgan fingerprint density at radius 3 is 2.81 bits per heavy atom. The van der Waals surface area contributed by atoms with Crippen LogP contribution in [0.5, 0.6) is 0 Å². The second-order valence-electron chi connectivity index (χ2n) is 3.80. The molecular weight excluding hydrogens is 220 g/mol. The molecule has 1 aromatic carbocycles. The lowest BCUT2D eigenvalue weighted by Crippen LogP contribution is -1.94. The number of aryl methyl sites for hydroxylation is 3. The number of thioether (sulfide) groups is 1. The van der Waals surface area contributed by atoms with Crippen molar-refractivity contribution in [2.75, 3.05) is 0 Å². The first-order valence-electron chi connectivity index (χ1n) is 5.08. The average Bonchev–Trinajstić information content (AvgIpc) is 2.66. The number of nitrogens with zero attached hydrogens (tertiary/aromatic N) is 4. The van der Waals surface area contributed by atoms with E-state index >= 15 is 0 Å². The van der Waals surface area contributed by atoms with Gasteiger partial charge in [-0.1, -0.05) is 35.5 Å². The van der Waals surface area contributed by atoms with Gasteiger partial charge in [-0.05, 0) is 35.4 Å². The Labute approximate surface area is 99.1 Å². The maximum Gasteiger partial charge on any atom is 0.209 e. The lowest BCUT2D eigenvalue weighted by Gasteiger charge is -2.05. The third-order valence-electron chi connectivity index (χ3n) is 2.44. The Morgan fingerprint density at radius 2 is 2.12 bits per heavy atom. The van der Waals surface area contributed by atoms with Crippen molar-refractivity contribution in [3.05, 3.63) is 34.9 Å². The minimum atomic E-state index is 0.848. The molecule has 1 aromatic heterocycles. The zero-order chi connectivity index (χ0) is 11.5. The van der Waals surface area contributed by atoms with E-state index < -0.39 is 0 Å². The number of benzene rings is 1. The average molecular weight is 234 g/mol. The Kier molecular flexibility index (Phi) is 3.24. The lowest BCUT2D eigenvalue weighted by atomic mass is 10.1. The van der Waals surface area contributed by atoms with Crippen LogP contribution in [-0.4, -0.2) is 20.2 Å². The van der Waals surface area contributed by atoms with Gasteiger partial charge in [0.25, 0.3) is 0 Å². The molecule has 0 N–H and O–H groups in total. The molecule has 84 valence electrons. The second-order valence-corrected chi connectivity index (χ2v) is 4.75. The first-order valence-corrected chi connectivity index (χ1v) is 6.06. The van der Waals surface area contributed by atoms with Crippen molar-refractivity contribution in [1.82, 2.24) is 20.2 Å². The number of tetrazole rings is 1. The van der Waals surface area contributed by atoms with Gasteiger partial charge in [0.1, 0.15) is 0 Å². The molecule has 0 spiro atoms. The molecule has 0 saturated carbocycles. The Balaban J connectivity index is 2.10. The van der Waals surface area contributed by atoms with Crippen molar-refractivity contribution < 1.29 is 0 Å². The fourth-order valence-electron chi connectivity index (χ4n) is 1.44. The van der Waals surface area contributed by atoms with Crippen molar-refractivity contribution in [3.63, 3.8) is 0 Å². The molecule has 0 bridgehead atoms. The van der Waals surface area contributed by atoms with Gasteiger partial charge in [-0.2, -0.15) is 0 Å². The Morgan fingerprint density at radius 1 is 1.31 bits per heavy atom. The van der Waals surface area contributed by atoms with Gasteiger partial charge < -0.3 is 0 Å². The molecule has 0 radical (unpaired) electrons. The fraction of sp³-hybridized carbons (Fsp3) is 0.364. The summed E-state index contributed by atoms with van der Waals surface area (Å²) in [6, 6.07) is 6.50.